The van der Waals surface area contributed by atoms with Crippen LogP contribution in [0.15, 0.2) is 30.3 Å². The van der Waals surface area contributed by atoms with Crippen LogP contribution in [0.4, 0.5) is 0 Å². The zero-order chi connectivity index (χ0) is 15.6. The number of carbonyl (C=O) groups excluding carboxylic acids is 1. The summed E-state index contributed by atoms with van der Waals surface area (Å²) >= 11 is 0. The third kappa shape index (κ3) is 3.18. The van der Waals surface area contributed by atoms with E-state index >= 15 is 0 Å². The third-order valence-electron chi connectivity index (χ3n) is 3.29. The fourth-order valence-corrected chi connectivity index (χ4v) is 2.02. The molecule has 0 saturated carbocycles. The summed E-state index contributed by atoms with van der Waals surface area (Å²) in [5.41, 5.74) is 2.00. The molecule has 110 valence electrons. The molecule has 0 aliphatic carbocycles. The zero-order valence-electron chi connectivity index (χ0n) is 12.3. The number of fused-ring (bicyclic) bond motifs is 1. The molecule has 1 atom stereocenters. The molecule has 2 rings (SSSR count). The molecule has 1 heterocycles. The number of hydrogen-bond acceptors (Lipinski definition) is 3. The summed E-state index contributed by atoms with van der Waals surface area (Å²) in [6.07, 6.45) is 0. The van der Waals surface area contributed by atoms with Crippen LogP contribution in [-0.4, -0.2) is 28.0 Å². The summed E-state index contributed by atoms with van der Waals surface area (Å²) in [6.45, 7) is 5.43. The number of hydrogen-bond donors (Lipinski definition) is 2. The summed E-state index contributed by atoms with van der Waals surface area (Å²) in [7, 11) is 0. The van der Waals surface area contributed by atoms with E-state index in [0.717, 1.165) is 16.6 Å². The van der Waals surface area contributed by atoms with Crippen molar-refractivity contribution in [2.24, 2.45) is 0 Å². The van der Waals surface area contributed by atoms with E-state index in [4.69, 9.17) is 5.11 Å². The van der Waals surface area contributed by atoms with Gasteiger partial charge in [-0.25, -0.2) is 0 Å². The second-order valence-electron chi connectivity index (χ2n) is 5.30. The van der Waals surface area contributed by atoms with Crippen LogP contribution in [0.5, 0.6) is 0 Å². The summed E-state index contributed by atoms with van der Waals surface area (Å²) in [5, 5.41) is 12.1. The van der Waals surface area contributed by atoms with Crippen LogP contribution < -0.4 is 5.32 Å². The summed E-state index contributed by atoms with van der Waals surface area (Å²) < 4.78 is 0. The van der Waals surface area contributed by atoms with Crippen LogP contribution in [0, 0.1) is 0 Å². The highest BCUT2D eigenvalue weighted by atomic mass is 16.4. The van der Waals surface area contributed by atoms with Gasteiger partial charge in [0.1, 0.15) is 6.04 Å². The number of rotatable bonds is 4. The third-order valence-corrected chi connectivity index (χ3v) is 3.29. The Balaban J connectivity index is 2.50. The minimum atomic E-state index is -1.06. The molecule has 0 aliphatic heterocycles. The van der Waals surface area contributed by atoms with E-state index in [1.165, 1.54) is 6.92 Å². The fraction of sp³-hybridized carbons (Fsp3) is 0.312. The van der Waals surface area contributed by atoms with E-state index in [1.54, 1.807) is 6.07 Å². The van der Waals surface area contributed by atoms with Crippen LogP contribution in [0.1, 0.15) is 42.7 Å². The van der Waals surface area contributed by atoms with Crippen LogP contribution in [0.25, 0.3) is 10.9 Å². The summed E-state index contributed by atoms with van der Waals surface area (Å²) in [4.78, 5) is 27.8. The van der Waals surface area contributed by atoms with Crippen LogP contribution >= 0.6 is 0 Å². The van der Waals surface area contributed by atoms with Gasteiger partial charge >= 0.3 is 5.97 Å². The minimum absolute atomic E-state index is 0.179. The van der Waals surface area contributed by atoms with Crippen molar-refractivity contribution in [3.05, 3.63) is 41.6 Å². The van der Waals surface area contributed by atoms with Crippen molar-refractivity contribution >= 4 is 22.8 Å². The van der Waals surface area contributed by atoms with Crippen molar-refractivity contribution in [1.29, 1.82) is 0 Å². The molecule has 1 aromatic heterocycles. The van der Waals surface area contributed by atoms with Crippen molar-refractivity contribution in [2.45, 2.75) is 32.7 Å². The molecule has 5 nitrogen and oxygen atoms in total. The van der Waals surface area contributed by atoms with Crippen LogP contribution in [0.2, 0.25) is 0 Å². The Kier molecular flexibility index (Phi) is 4.21. The maximum Gasteiger partial charge on any atom is 0.325 e. The Bertz CT molecular complexity index is 695. The molecular formula is C16H18N2O3. The number of aliphatic carboxylic acids is 1. The Morgan fingerprint density at radius 3 is 2.48 bits per heavy atom. The maximum atomic E-state index is 12.3. The standard InChI is InChI=1S/C16H18N2O3/c1-9(2)14-8-12(15(19)17-10(3)16(20)21)11-6-4-5-7-13(11)18-14/h4-10H,1-3H3,(H,17,19)(H,20,21)/t10-/m0/s1. The quantitative estimate of drug-likeness (QED) is 0.905. The molecular weight excluding hydrogens is 268 g/mol. The molecule has 2 N–H and O–H groups in total. The predicted molar refractivity (Wildman–Crippen MR) is 80.4 cm³/mol. The smallest absolute Gasteiger partial charge is 0.325 e. The number of pyridine rings is 1. The van der Waals surface area contributed by atoms with Crippen molar-refractivity contribution in [3.8, 4) is 0 Å². The Morgan fingerprint density at radius 2 is 1.86 bits per heavy atom. The second kappa shape index (κ2) is 5.91. The zero-order valence-corrected chi connectivity index (χ0v) is 12.3. The number of amides is 1. The van der Waals surface area contributed by atoms with E-state index < -0.39 is 17.9 Å². The van der Waals surface area contributed by atoms with E-state index in [-0.39, 0.29) is 5.92 Å². The second-order valence-corrected chi connectivity index (χ2v) is 5.30. The first-order chi connectivity index (χ1) is 9.90. The Morgan fingerprint density at radius 1 is 1.19 bits per heavy atom. The van der Waals surface area contributed by atoms with E-state index in [9.17, 15) is 9.59 Å². The van der Waals surface area contributed by atoms with Gasteiger partial charge in [0.05, 0.1) is 11.1 Å². The molecule has 0 saturated heterocycles. The van der Waals surface area contributed by atoms with Gasteiger partial charge < -0.3 is 10.4 Å². The monoisotopic (exact) mass is 286 g/mol. The van der Waals surface area contributed by atoms with Crippen LogP contribution in [-0.2, 0) is 4.79 Å². The predicted octanol–water partition coefficient (Wildman–Crippen LogP) is 2.56. The molecule has 21 heavy (non-hydrogen) atoms. The molecule has 0 fully saturated rings. The molecule has 0 aliphatic rings. The topological polar surface area (TPSA) is 79.3 Å². The molecule has 0 unspecified atom stereocenters. The van der Waals surface area contributed by atoms with E-state index in [1.807, 2.05) is 38.1 Å². The van der Waals surface area contributed by atoms with E-state index in [0.29, 0.717) is 5.56 Å². The van der Waals surface area contributed by atoms with Gasteiger partial charge in [-0.3, -0.25) is 14.6 Å². The van der Waals surface area contributed by atoms with E-state index in [2.05, 4.69) is 10.3 Å². The molecule has 1 aromatic carbocycles. The van der Waals surface area contributed by atoms with Crippen molar-refractivity contribution in [2.75, 3.05) is 0 Å². The first kappa shape index (κ1) is 15.0. The Hall–Kier alpha value is -2.43. The maximum absolute atomic E-state index is 12.3. The SMILES string of the molecule is CC(C)c1cc(C(=O)N[C@@H](C)C(=O)O)c2ccccc2n1. The molecule has 0 bridgehead atoms. The van der Waals surface area contributed by atoms with Gasteiger partial charge in [0.25, 0.3) is 5.91 Å². The highest BCUT2D eigenvalue weighted by Crippen LogP contribution is 2.22. The number of para-hydroxylation sites is 1. The minimum Gasteiger partial charge on any atom is -0.480 e. The van der Waals surface area contributed by atoms with Gasteiger partial charge in [0.2, 0.25) is 0 Å². The van der Waals surface area contributed by atoms with Crippen molar-refractivity contribution in [1.82, 2.24) is 10.3 Å². The molecule has 0 radical (unpaired) electrons. The van der Waals surface area contributed by atoms with Crippen molar-refractivity contribution in [3.63, 3.8) is 0 Å². The summed E-state index contributed by atoms with van der Waals surface area (Å²) in [5.74, 6) is -1.28. The lowest BCUT2D eigenvalue weighted by molar-refractivity contribution is -0.138. The fourth-order valence-electron chi connectivity index (χ4n) is 2.02. The van der Waals surface area contributed by atoms with Gasteiger partial charge in [-0.1, -0.05) is 32.0 Å². The number of nitrogens with zero attached hydrogens (tertiary/aromatic N) is 1. The number of carboxylic acids is 1. The number of carbonyl (C=O) groups is 2. The van der Waals surface area contributed by atoms with Gasteiger partial charge in [0.15, 0.2) is 0 Å². The van der Waals surface area contributed by atoms with Gasteiger partial charge in [0, 0.05) is 11.1 Å². The van der Waals surface area contributed by atoms with Gasteiger partial charge in [-0.05, 0) is 25.0 Å². The molecule has 2 aromatic rings. The molecule has 5 heteroatoms. The lowest BCUT2D eigenvalue weighted by atomic mass is 10.0. The average molecular weight is 286 g/mol. The van der Waals surface area contributed by atoms with Gasteiger partial charge in [-0.15, -0.1) is 0 Å². The highest BCUT2D eigenvalue weighted by Gasteiger charge is 2.18. The normalized spacial score (nSPS) is 12.4. The van der Waals surface area contributed by atoms with Crippen LogP contribution in [0.3, 0.4) is 0 Å². The lowest BCUT2D eigenvalue weighted by Gasteiger charge is -2.13. The Labute approximate surface area is 123 Å². The average Bonchev–Trinajstić information content (AvgIpc) is 2.45. The molecule has 1 amide bonds. The first-order valence-electron chi connectivity index (χ1n) is 6.83. The van der Waals surface area contributed by atoms with Gasteiger partial charge in [-0.2, -0.15) is 0 Å². The highest BCUT2D eigenvalue weighted by molar-refractivity contribution is 6.07. The lowest BCUT2D eigenvalue weighted by Crippen LogP contribution is -2.38. The summed E-state index contributed by atoms with van der Waals surface area (Å²) in [6, 6.07) is 8.15. The number of benzene rings is 1. The number of carboxylic acid groups (broad SMARTS) is 1. The number of nitrogens with one attached hydrogen (secondary N) is 1. The van der Waals surface area contributed by atoms with Crippen molar-refractivity contribution < 1.29 is 14.7 Å². The first-order valence-corrected chi connectivity index (χ1v) is 6.83. The molecule has 0 spiro atoms. The largest absolute Gasteiger partial charge is 0.480 e. The number of aromatic nitrogens is 1.